The molecule has 0 saturated carbocycles. The lowest BCUT2D eigenvalue weighted by atomic mass is 10.1. The molecule has 0 saturated heterocycles. The molecule has 0 radical (unpaired) electrons. The summed E-state index contributed by atoms with van der Waals surface area (Å²) in [5.74, 6) is -0.709. The molecule has 0 aliphatic carbocycles. The quantitative estimate of drug-likeness (QED) is 0.761. The number of nitrogens with zero attached hydrogens (tertiary/aromatic N) is 1. The highest BCUT2D eigenvalue weighted by Gasteiger charge is 2.14. The Balaban J connectivity index is 1.91. The van der Waals surface area contributed by atoms with Crippen LogP contribution in [0.3, 0.4) is 0 Å². The number of carbonyl (C=O) groups excluding carboxylic acids is 2. The lowest BCUT2D eigenvalue weighted by Crippen LogP contribution is -2.41. The Labute approximate surface area is 164 Å². The van der Waals surface area contributed by atoms with Gasteiger partial charge in [0.05, 0.1) is 13.7 Å². The number of methoxy groups -OCH3 is 1. The van der Waals surface area contributed by atoms with Crippen molar-refractivity contribution >= 4 is 17.6 Å². The second-order valence-electron chi connectivity index (χ2n) is 6.52. The summed E-state index contributed by atoms with van der Waals surface area (Å²) in [6, 6.07) is 9.67. The Morgan fingerprint density at radius 2 is 1.93 bits per heavy atom. The maximum absolute atomic E-state index is 13.8. The second kappa shape index (κ2) is 9.85. The van der Waals surface area contributed by atoms with E-state index in [1.54, 1.807) is 18.2 Å². The Bertz CT molecular complexity index is 855. The van der Waals surface area contributed by atoms with E-state index in [0.29, 0.717) is 24.3 Å². The fraction of sp³-hybridized carbons (Fsp3) is 0.333. The highest BCUT2D eigenvalue weighted by atomic mass is 19.1. The summed E-state index contributed by atoms with van der Waals surface area (Å²) >= 11 is 0. The number of rotatable bonds is 7. The van der Waals surface area contributed by atoms with Gasteiger partial charge in [0.25, 0.3) is 0 Å². The first kappa shape index (κ1) is 21.4. The van der Waals surface area contributed by atoms with Crippen LogP contribution in [0.1, 0.15) is 23.6 Å². The van der Waals surface area contributed by atoms with Crippen molar-refractivity contribution in [3.8, 4) is 5.75 Å². The summed E-state index contributed by atoms with van der Waals surface area (Å²) in [7, 11) is 1.41. The predicted octanol–water partition coefficient (Wildman–Crippen LogP) is 3.62. The van der Waals surface area contributed by atoms with Gasteiger partial charge in [0, 0.05) is 12.2 Å². The number of hydrogen-bond acceptors (Lipinski definition) is 4. The van der Waals surface area contributed by atoms with E-state index in [-0.39, 0.29) is 12.3 Å². The van der Waals surface area contributed by atoms with E-state index in [1.165, 1.54) is 13.2 Å². The van der Waals surface area contributed by atoms with Crippen LogP contribution < -0.4 is 15.4 Å². The molecule has 0 aliphatic heterocycles. The Morgan fingerprint density at radius 1 is 1.18 bits per heavy atom. The molecule has 3 amide bonds. The minimum Gasteiger partial charge on any atom is -0.494 e. The first-order chi connectivity index (χ1) is 13.3. The van der Waals surface area contributed by atoms with Crippen molar-refractivity contribution in [2.45, 2.75) is 27.3 Å². The summed E-state index contributed by atoms with van der Waals surface area (Å²) in [4.78, 5) is 26.1. The number of hydrogen-bond donors (Lipinski definition) is 2. The Morgan fingerprint density at radius 3 is 2.57 bits per heavy atom. The van der Waals surface area contributed by atoms with Gasteiger partial charge in [-0.05, 0) is 55.3 Å². The number of likely N-dealkylation sites (N-methyl/N-ethyl adjacent to an activating group) is 1. The number of nitrogens with one attached hydrogen (secondary N) is 2. The van der Waals surface area contributed by atoms with Gasteiger partial charge in [0.1, 0.15) is 0 Å². The van der Waals surface area contributed by atoms with Gasteiger partial charge in [-0.2, -0.15) is 0 Å². The second-order valence-corrected chi connectivity index (χ2v) is 6.52. The number of amides is 3. The van der Waals surface area contributed by atoms with E-state index in [9.17, 15) is 14.0 Å². The monoisotopic (exact) mass is 387 g/mol. The number of anilines is 1. The summed E-state index contributed by atoms with van der Waals surface area (Å²) in [5, 5.41) is 5.02. The van der Waals surface area contributed by atoms with Gasteiger partial charge in [0.2, 0.25) is 5.91 Å². The number of aryl methyl sites for hydroxylation is 1. The molecule has 0 atom stereocenters. The standard InChI is InChI=1S/C21H26FN3O3/c1-5-25(12-16-9-10-19(28-4)17(22)11-16)13-20(26)24-21(27)23-18-8-6-7-14(2)15(18)3/h6-11H,5,12-13H2,1-4H3,(H2,23,24,26,27). The topological polar surface area (TPSA) is 70.7 Å². The van der Waals surface area contributed by atoms with Crippen LogP contribution in [0.15, 0.2) is 36.4 Å². The molecular weight excluding hydrogens is 361 g/mol. The molecule has 0 spiro atoms. The molecule has 2 aromatic carbocycles. The number of benzene rings is 2. The van der Waals surface area contributed by atoms with Crippen molar-refractivity contribution < 1.29 is 18.7 Å². The van der Waals surface area contributed by atoms with Crippen molar-refractivity contribution in [2.24, 2.45) is 0 Å². The highest BCUT2D eigenvalue weighted by Crippen LogP contribution is 2.19. The number of carbonyl (C=O) groups is 2. The van der Waals surface area contributed by atoms with Crippen LogP contribution in [0.4, 0.5) is 14.9 Å². The molecule has 0 fully saturated rings. The summed E-state index contributed by atoms with van der Waals surface area (Å²) in [5.41, 5.74) is 3.37. The summed E-state index contributed by atoms with van der Waals surface area (Å²) in [6.45, 7) is 6.71. The van der Waals surface area contributed by atoms with E-state index >= 15 is 0 Å². The van der Waals surface area contributed by atoms with E-state index in [0.717, 1.165) is 11.1 Å². The van der Waals surface area contributed by atoms with E-state index in [2.05, 4.69) is 10.6 Å². The maximum atomic E-state index is 13.8. The molecule has 2 rings (SSSR count). The SMILES string of the molecule is CCN(CC(=O)NC(=O)Nc1cccc(C)c1C)Cc1ccc(OC)c(F)c1. The van der Waals surface area contributed by atoms with E-state index < -0.39 is 17.8 Å². The molecule has 2 aromatic rings. The average Bonchev–Trinajstić information content (AvgIpc) is 2.65. The molecule has 0 bridgehead atoms. The van der Waals surface area contributed by atoms with Gasteiger partial charge in [-0.1, -0.05) is 25.1 Å². The molecule has 0 aromatic heterocycles. The van der Waals surface area contributed by atoms with E-state index in [1.807, 2.05) is 37.8 Å². The minimum absolute atomic E-state index is 0.0182. The van der Waals surface area contributed by atoms with Gasteiger partial charge in [-0.15, -0.1) is 0 Å². The lowest BCUT2D eigenvalue weighted by Gasteiger charge is -2.20. The highest BCUT2D eigenvalue weighted by molar-refractivity contribution is 6.02. The van der Waals surface area contributed by atoms with Crippen LogP contribution in [-0.4, -0.2) is 37.0 Å². The maximum Gasteiger partial charge on any atom is 0.325 e. The molecule has 0 heterocycles. The Kier molecular flexibility index (Phi) is 7.52. The zero-order chi connectivity index (χ0) is 20.7. The number of urea groups is 1. The zero-order valence-electron chi connectivity index (χ0n) is 16.6. The number of halogens is 1. The molecule has 7 heteroatoms. The summed E-state index contributed by atoms with van der Waals surface area (Å²) < 4.78 is 18.7. The van der Waals surface area contributed by atoms with Crippen molar-refractivity contribution in [1.29, 1.82) is 0 Å². The zero-order valence-corrected chi connectivity index (χ0v) is 16.6. The molecule has 2 N–H and O–H groups in total. The van der Waals surface area contributed by atoms with Gasteiger partial charge in [0.15, 0.2) is 11.6 Å². The van der Waals surface area contributed by atoms with Crippen LogP contribution in [0.5, 0.6) is 5.75 Å². The Hall–Kier alpha value is -2.93. The average molecular weight is 387 g/mol. The molecule has 6 nitrogen and oxygen atoms in total. The fourth-order valence-corrected chi connectivity index (χ4v) is 2.76. The minimum atomic E-state index is -0.578. The largest absolute Gasteiger partial charge is 0.494 e. The van der Waals surface area contributed by atoms with Crippen molar-refractivity contribution in [3.63, 3.8) is 0 Å². The van der Waals surface area contributed by atoms with Gasteiger partial charge in [-0.25, -0.2) is 9.18 Å². The molecule has 0 unspecified atom stereocenters. The van der Waals surface area contributed by atoms with Crippen LogP contribution in [0, 0.1) is 19.7 Å². The fourth-order valence-electron chi connectivity index (χ4n) is 2.76. The third kappa shape index (κ3) is 5.79. The van der Waals surface area contributed by atoms with Crippen LogP contribution in [0.25, 0.3) is 0 Å². The van der Waals surface area contributed by atoms with Crippen LogP contribution in [0.2, 0.25) is 0 Å². The lowest BCUT2D eigenvalue weighted by molar-refractivity contribution is -0.121. The van der Waals surface area contributed by atoms with Crippen LogP contribution >= 0.6 is 0 Å². The van der Waals surface area contributed by atoms with Gasteiger partial charge in [-0.3, -0.25) is 15.0 Å². The third-order valence-corrected chi connectivity index (χ3v) is 4.54. The van der Waals surface area contributed by atoms with E-state index in [4.69, 9.17) is 4.74 Å². The molecule has 28 heavy (non-hydrogen) atoms. The molecule has 0 aliphatic rings. The molecular formula is C21H26FN3O3. The predicted molar refractivity (Wildman–Crippen MR) is 107 cm³/mol. The van der Waals surface area contributed by atoms with Crippen molar-refractivity contribution in [2.75, 3.05) is 25.5 Å². The van der Waals surface area contributed by atoms with Crippen molar-refractivity contribution in [1.82, 2.24) is 10.2 Å². The number of ether oxygens (including phenoxy) is 1. The first-order valence-electron chi connectivity index (χ1n) is 9.05. The van der Waals surface area contributed by atoms with Crippen LogP contribution in [-0.2, 0) is 11.3 Å². The van der Waals surface area contributed by atoms with Gasteiger partial charge >= 0.3 is 6.03 Å². The third-order valence-electron chi connectivity index (χ3n) is 4.54. The summed E-state index contributed by atoms with van der Waals surface area (Å²) in [6.07, 6.45) is 0. The van der Waals surface area contributed by atoms with Crippen molar-refractivity contribution in [3.05, 3.63) is 58.9 Å². The first-order valence-corrected chi connectivity index (χ1v) is 9.05. The molecule has 150 valence electrons. The van der Waals surface area contributed by atoms with Gasteiger partial charge < -0.3 is 10.1 Å². The normalized spacial score (nSPS) is 10.6. The number of imide groups is 1. The smallest absolute Gasteiger partial charge is 0.325 e.